The van der Waals surface area contributed by atoms with E-state index in [1.54, 1.807) is 41.5 Å². The first kappa shape index (κ1) is 20.5. The second-order valence-electron chi connectivity index (χ2n) is 8.04. The normalized spacial score (nSPS) is 24.9. The van der Waals surface area contributed by atoms with Gasteiger partial charge in [0.15, 0.2) is 0 Å². The summed E-state index contributed by atoms with van der Waals surface area (Å²) in [6.07, 6.45) is -0.506. The number of rotatable bonds is 3. The maximum absolute atomic E-state index is 11.9. The molecule has 1 aliphatic rings. The number of aliphatic hydroxyl groups is 1. The topological polar surface area (TPSA) is 106 Å². The zero-order chi connectivity index (χ0) is 18.5. The van der Waals surface area contributed by atoms with E-state index in [0.29, 0.717) is 19.3 Å². The van der Waals surface area contributed by atoms with E-state index < -0.39 is 35.5 Å². The van der Waals surface area contributed by atoms with Gasteiger partial charge in [0.05, 0.1) is 18.2 Å². The van der Waals surface area contributed by atoms with Crippen molar-refractivity contribution < 1.29 is 29.2 Å². The van der Waals surface area contributed by atoms with Crippen molar-refractivity contribution in [3.8, 4) is 0 Å². The van der Waals surface area contributed by atoms with Gasteiger partial charge in [-0.15, -0.1) is 0 Å². The number of aliphatic hydroxyl groups excluding tert-OH is 1. The highest BCUT2D eigenvalue weighted by atomic mass is 17.2. The molecule has 0 aromatic rings. The predicted molar refractivity (Wildman–Crippen MR) is 87.3 cm³/mol. The molecule has 24 heavy (non-hydrogen) atoms. The largest absolute Gasteiger partial charge is 0.444 e. The molecule has 0 bridgehead atoms. The Morgan fingerprint density at radius 3 is 2.04 bits per heavy atom. The second kappa shape index (κ2) is 8.02. The van der Waals surface area contributed by atoms with Gasteiger partial charge in [-0.1, -0.05) is 0 Å². The molecule has 1 rings (SSSR count). The number of hydrogen-bond donors (Lipinski definition) is 3. The molecule has 2 amide bonds. The monoisotopic (exact) mass is 346 g/mol. The highest BCUT2D eigenvalue weighted by Gasteiger charge is 2.33. The SMILES string of the molecule is CC(C)(C)OOC(=O)N[C@@H]1CC(O)CC[C@H]1NC(=O)OC(C)(C)C. The maximum Gasteiger partial charge on any atom is 0.439 e. The van der Waals surface area contributed by atoms with E-state index in [4.69, 9.17) is 14.5 Å². The van der Waals surface area contributed by atoms with Crippen LogP contribution >= 0.6 is 0 Å². The van der Waals surface area contributed by atoms with Gasteiger partial charge in [0, 0.05) is 0 Å². The lowest BCUT2D eigenvalue weighted by Gasteiger charge is -2.35. The number of ether oxygens (including phenoxy) is 1. The van der Waals surface area contributed by atoms with Crippen molar-refractivity contribution in [3.05, 3.63) is 0 Å². The van der Waals surface area contributed by atoms with E-state index in [9.17, 15) is 14.7 Å². The summed E-state index contributed by atoms with van der Waals surface area (Å²) in [7, 11) is 0. The Hall–Kier alpha value is -1.54. The molecule has 1 unspecified atom stereocenters. The van der Waals surface area contributed by atoms with Gasteiger partial charge in [0.1, 0.15) is 11.2 Å². The molecule has 0 heterocycles. The zero-order valence-corrected chi connectivity index (χ0v) is 15.3. The summed E-state index contributed by atoms with van der Waals surface area (Å²) in [6, 6.07) is -0.831. The van der Waals surface area contributed by atoms with Crippen molar-refractivity contribution in [2.45, 2.75) is 90.2 Å². The molecule has 0 aromatic carbocycles. The summed E-state index contributed by atoms with van der Waals surface area (Å²) in [4.78, 5) is 33.4. The average Bonchev–Trinajstić information content (AvgIpc) is 2.36. The molecule has 1 saturated carbocycles. The fraction of sp³-hybridized carbons (Fsp3) is 0.875. The van der Waals surface area contributed by atoms with Gasteiger partial charge in [-0.3, -0.25) is 4.89 Å². The first-order valence-corrected chi connectivity index (χ1v) is 8.19. The summed E-state index contributed by atoms with van der Waals surface area (Å²) >= 11 is 0. The molecular formula is C16H30N2O6. The third-order valence-corrected chi connectivity index (χ3v) is 3.20. The fourth-order valence-electron chi connectivity index (χ4n) is 2.28. The first-order chi connectivity index (χ1) is 10.9. The number of alkyl carbamates (subject to hydrolysis) is 1. The van der Waals surface area contributed by atoms with Crippen molar-refractivity contribution in [1.82, 2.24) is 10.6 Å². The molecule has 0 aromatic heterocycles. The van der Waals surface area contributed by atoms with Crippen LogP contribution in [0.2, 0.25) is 0 Å². The van der Waals surface area contributed by atoms with Gasteiger partial charge in [0.25, 0.3) is 0 Å². The molecule has 0 radical (unpaired) electrons. The summed E-state index contributed by atoms with van der Waals surface area (Å²) in [5, 5.41) is 15.2. The summed E-state index contributed by atoms with van der Waals surface area (Å²) in [5.41, 5.74) is -1.24. The number of carbonyl (C=O) groups excluding carboxylic acids is 2. The van der Waals surface area contributed by atoms with Crippen molar-refractivity contribution in [1.29, 1.82) is 0 Å². The van der Waals surface area contributed by atoms with Crippen molar-refractivity contribution in [2.24, 2.45) is 0 Å². The van der Waals surface area contributed by atoms with Crippen LogP contribution in [0.25, 0.3) is 0 Å². The molecule has 1 aliphatic carbocycles. The van der Waals surface area contributed by atoms with Crippen molar-refractivity contribution in [2.75, 3.05) is 0 Å². The molecule has 0 saturated heterocycles. The van der Waals surface area contributed by atoms with Crippen LogP contribution in [0.3, 0.4) is 0 Å². The Morgan fingerprint density at radius 2 is 1.50 bits per heavy atom. The van der Waals surface area contributed by atoms with Gasteiger partial charge < -0.3 is 20.5 Å². The number of amides is 2. The minimum Gasteiger partial charge on any atom is -0.444 e. The van der Waals surface area contributed by atoms with E-state index >= 15 is 0 Å². The Morgan fingerprint density at radius 1 is 0.917 bits per heavy atom. The number of nitrogens with one attached hydrogen (secondary N) is 2. The Bertz CT molecular complexity index is 441. The van der Waals surface area contributed by atoms with E-state index in [1.807, 2.05) is 0 Å². The number of hydrogen-bond acceptors (Lipinski definition) is 6. The Labute approximate surface area is 143 Å². The van der Waals surface area contributed by atoms with Gasteiger partial charge >= 0.3 is 12.2 Å². The third-order valence-electron chi connectivity index (χ3n) is 3.20. The minimum absolute atomic E-state index is 0.311. The van der Waals surface area contributed by atoms with Crippen LogP contribution < -0.4 is 10.6 Å². The van der Waals surface area contributed by atoms with Gasteiger partial charge in [-0.05, 0) is 60.8 Å². The quantitative estimate of drug-likeness (QED) is 0.534. The molecule has 0 aliphatic heterocycles. The zero-order valence-electron chi connectivity index (χ0n) is 15.3. The predicted octanol–water partition coefficient (Wildman–Crippen LogP) is 2.25. The van der Waals surface area contributed by atoms with Gasteiger partial charge in [-0.2, -0.15) is 4.89 Å². The van der Waals surface area contributed by atoms with E-state index in [1.165, 1.54) is 0 Å². The van der Waals surface area contributed by atoms with E-state index in [-0.39, 0.29) is 6.04 Å². The molecule has 8 heteroatoms. The maximum atomic E-state index is 11.9. The Balaban J connectivity index is 2.59. The van der Waals surface area contributed by atoms with Gasteiger partial charge in [0.2, 0.25) is 0 Å². The second-order valence-corrected chi connectivity index (χ2v) is 8.04. The smallest absolute Gasteiger partial charge is 0.439 e. The molecule has 3 atom stereocenters. The summed E-state index contributed by atoms with van der Waals surface area (Å²) in [6.45, 7) is 10.6. The lowest BCUT2D eigenvalue weighted by molar-refractivity contribution is -0.300. The molecule has 0 spiro atoms. The third kappa shape index (κ3) is 8.35. The highest BCUT2D eigenvalue weighted by Crippen LogP contribution is 2.20. The molecule has 3 N–H and O–H groups in total. The van der Waals surface area contributed by atoms with Gasteiger partial charge in [-0.25, -0.2) is 9.59 Å². The van der Waals surface area contributed by atoms with Crippen LogP contribution in [-0.4, -0.2) is 46.7 Å². The van der Waals surface area contributed by atoms with Crippen LogP contribution in [0.4, 0.5) is 9.59 Å². The molecule has 8 nitrogen and oxygen atoms in total. The Kier molecular flexibility index (Phi) is 6.86. The molecule has 140 valence electrons. The van der Waals surface area contributed by atoms with E-state index in [2.05, 4.69) is 10.6 Å². The van der Waals surface area contributed by atoms with Crippen molar-refractivity contribution in [3.63, 3.8) is 0 Å². The average molecular weight is 346 g/mol. The highest BCUT2D eigenvalue weighted by molar-refractivity contribution is 5.69. The number of carbonyl (C=O) groups is 2. The fourth-order valence-corrected chi connectivity index (χ4v) is 2.28. The van der Waals surface area contributed by atoms with Crippen LogP contribution in [0.1, 0.15) is 60.8 Å². The van der Waals surface area contributed by atoms with Crippen molar-refractivity contribution >= 4 is 12.2 Å². The molecule has 1 fully saturated rings. The lowest BCUT2D eigenvalue weighted by Crippen LogP contribution is -2.56. The van der Waals surface area contributed by atoms with Crippen LogP contribution in [0.15, 0.2) is 0 Å². The van der Waals surface area contributed by atoms with Crippen LogP contribution in [-0.2, 0) is 14.5 Å². The minimum atomic E-state index is -0.764. The van der Waals surface area contributed by atoms with E-state index in [0.717, 1.165) is 0 Å². The summed E-state index contributed by atoms with van der Waals surface area (Å²) < 4.78 is 5.23. The lowest BCUT2D eigenvalue weighted by atomic mass is 9.88. The standard InChI is InChI=1S/C16H30N2O6/c1-15(2,3)22-13(20)17-11-8-7-10(19)9-12(11)18-14(21)23-24-16(4,5)6/h10-12,19H,7-9H2,1-6H3,(H,17,20)(H,18,21)/t10?,11-,12-/m1/s1. The van der Waals surface area contributed by atoms with Crippen LogP contribution in [0.5, 0.6) is 0 Å². The molecular weight excluding hydrogens is 316 g/mol. The first-order valence-electron chi connectivity index (χ1n) is 8.19. The summed E-state index contributed by atoms with van der Waals surface area (Å²) in [5.74, 6) is 0. The van der Waals surface area contributed by atoms with Crippen LogP contribution in [0, 0.1) is 0 Å².